The molecule has 1 aromatic carbocycles. The van der Waals surface area contributed by atoms with Gasteiger partial charge in [-0.2, -0.15) is 5.26 Å². The summed E-state index contributed by atoms with van der Waals surface area (Å²) in [6.07, 6.45) is 0. The van der Waals surface area contributed by atoms with E-state index in [1.807, 2.05) is 0 Å². The van der Waals surface area contributed by atoms with Gasteiger partial charge in [0.2, 0.25) is 0 Å². The van der Waals surface area contributed by atoms with Crippen molar-refractivity contribution in [2.75, 3.05) is 25.1 Å². The number of benzene rings is 1. The fraction of sp³-hybridized carbons (Fsp3) is 0.417. The van der Waals surface area contributed by atoms with Crippen LogP contribution in [0.15, 0.2) is 18.2 Å². The third-order valence-electron chi connectivity index (χ3n) is 2.78. The Morgan fingerprint density at radius 2 is 2.31 bits per heavy atom. The topological polar surface area (TPSA) is 45.0 Å². The van der Waals surface area contributed by atoms with Crippen molar-refractivity contribution in [1.29, 1.82) is 5.26 Å². The van der Waals surface area contributed by atoms with Gasteiger partial charge in [0.05, 0.1) is 19.3 Å². The smallest absolute Gasteiger partial charge is 0.126 e. The van der Waals surface area contributed by atoms with Gasteiger partial charge in [-0.15, -0.1) is 0 Å². The fourth-order valence-corrected chi connectivity index (χ4v) is 1.58. The van der Waals surface area contributed by atoms with E-state index in [1.165, 1.54) is 6.07 Å². The van der Waals surface area contributed by atoms with Gasteiger partial charge in [-0.3, -0.25) is 0 Å². The zero-order valence-corrected chi connectivity index (χ0v) is 9.09. The van der Waals surface area contributed by atoms with Crippen molar-refractivity contribution in [3.63, 3.8) is 0 Å². The first-order chi connectivity index (χ1) is 7.65. The van der Waals surface area contributed by atoms with E-state index >= 15 is 0 Å². The molecule has 16 heavy (non-hydrogen) atoms. The van der Waals surface area contributed by atoms with Crippen LogP contribution in [0.4, 0.5) is 10.1 Å². The Kier molecular flexibility index (Phi) is 2.80. The first-order valence-electron chi connectivity index (χ1n) is 5.14. The first kappa shape index (κ1) is 10.9. The number of ether oxygens (including phenoxy) is 1. The van der Waals surface area contributed by atoms with Crippen molar-refractivity contribution in [2.45, 2.75) is 6.92 Å². The molecule has 1 N–H and O–H groups in total. The van der Waals surface area contributed by atoms with Crippen LogP contribution < -0.4 is 5.32 Å². The number of hydrogen-bond donors (Lipinski definition) is 1. The minimum atomic E-state index is -0.414. The number of nitriles is 1. The summed E-state index contributed by atoms with van der Waals surface area (Å²) in [6, 6.07) is 7.08. The number of nitrogens with zero attached hydrogens (tertiary/aromatic N) is 1. The lowest BCUT2D eigenvalue weighted by Crippen LogP contribution is -2.46. The van der Waals surface area contributed by atoms with Crippen LogP contribution in [0.2, 0.25) is 0 Å². The van der Waals surface area contributed by atoms with Crippen molar-refractivity contribution in [1.82, 2.24) is 0 Å². The lowest BCUT2D eigenvalue weighted by Gasteiger charge is -2.35. The van der Waals surface area contributed by atoms with Crippen LogP contribution in [0.1, 0.15) is 5.56 Å². The van der Waals surface area contributed by atoms with E-state index in [2.05, 4.69) is 11.4 Å². The minimum Gasteiger partial charge on any atom is -0.383 e. The van der Waals surface area contributed by atoms with Crippen LogP contribution in [0.5, 0.6) is 0 Å². The maximum atomic E-state index is 13.0. The van der Waals surface area contributed by atoms with E-state index in [0.717, 1.165) is 5.69 Å². The van der Waals surface area contributed by atoms with Gasteiger partial charge >= 0.3 is 0 Å². The number of hydrogen-bond acceptors (Lipinski definition) is 3. The second-order valence-electron chi connectivity index (χ2n) is 4.20. The van der Waals surface area contributed by atoms with E-state index < -0.39 is 5.41 Å². The van der Waals surface area contributed by atoms with E-state index in [9.17, 15) is 4.39 Å². The molecule has 0 spiro atoms. The van der Waals surface area contributed by atoms with Crippen LogP contribution in [-0.2, 0) is 4.74 Å². The molecule has 3 nitrogen and oxygen atoms in total. The molecule has 1 aliphatic rings. The molecule has 1 aliphatic heterocycles. The van der Waals surface area contributed by atoms with E-state index in [0.29, 0.717) is 25.3 Å². The average molecular weight is 220 g/mol. The molecule has 0 aromatic heterocycles. The standard InChI is InChI=1S/C12H13FN2O/c1-9-4-10(2-3-11(9)13)15-6-12(5-14)7-16-8-12/h2-4,15H,6-8H2,1H3. The van der Waals surface area contributed by atoms with Crippen molar-refractivity contribution < 1.29 is 9.13 Å². The molecule has 84 valence electrons. The Hall–Kier alpha value is -1.60. The second-order valence-corrected chi connectivity index (χ2v) is 4.20. The fourth-order valence-electron chi connectivity index (χ4n) is 1.58. The van der Waals surface area contributed by atoms with Crippen LogP contribution in [0.3, 0.4) is 0 Å². The predicted molar refractivity (Wildman–Crippen MR) is 58.5 cm³/mol. The molecule has 0 saturated carbocycles. The summed E-state index contributed by atoms with van der Waals surface area (Å²) in [5.74, 6) is -0.215. The monoisotopic (exact) mass is 220 g/mol. The quantitative estimate of drug-likeness (QED) is 0.848. The normalized spacial score (nSPS) is 17.3. The predicted octanol–water partition coefficient (Wildman–Crippen LogP) is 2.09. The number of rotatable bonds is 3. The molecule has 0 aliphatic carbocycles. The van der Waals surface area contributed by atoms with Crippen LogP contribution in [0.25, 0.3) is 0 Å². The van der Waals surface area contributed by atoms with Crippen LogP contribution in [0, 0.1) is 29.5 Å². The van der Waals surface area contributed by atoms with Crippen LogP contribution >= 0.6 is 0 Å². The summed E-state index contributed by atoms with van der Waals surface area (Å²) in [5.41, 5.74) is 1.02. The molecule has 0 bridgehead atoms. The van der Waals surface area contributed by atoms with Gasteiger partial charge in [-0.1, -0.05) is 0 Å². The lowest BCUT2D eigenvalue weighted by atomic mass is 9.88. The van der Waals surface area contributed by atoms with Gasteiger partial charge in [0.25, 0.3) is 0 Å². The molecule has 0 atom stereocenters. The van der Waals surface area contributed by atoms with Gasteiger partial charge in [-0.25, -0.2) is 4.39 Å². The zero-order valence-electron chi connectivity index (χ0n) is 9.09. The summed E-state index contributed by atoms with van der Waals surface area (Å²) in [5, 5.41) is 12.1. The minimum absolute atomic E-state index is 0.215. The molecular formula is C12H13FN2O. The van der Waals surface area contributed by atoms with Crippen molar-refractivity contribution in [2.24, 2.45) is 5.41 Å². The summed E-state index contributed by atoms with van der Waals surface area (Å²) in [6.45, 7) is 3.19. The largest absolute Gasteiger partial charge is 0.383 e. The van der Waals surface area contributed by atoms with Gasteiger partial charge < -0.3 is 10.1 Å². The van der Waals surface area contributed by atoms with E-state index in [-0.39, 0.29) is 5.82 Å². The summed E-state index contributed by atoms with van der Waals surface area (Å²) < 4.78 is 18.1. The summed E-state index contributed by atoms with van der Waals surface area (Å²) in [7, 11) is 0. The number of anilines is 1. The third kappa shape index (κ3) is 2.00. The highest BCUT2D eigenvalue weighted by Gasteiger charge is 2.38. The molecule has 4 heteroatoms. The molecule has 1 heterocycles. The Bertz CT molecular complexity index is 435. The highest BCUT2D eigenvalue weighted by Crippen LogP contribution is 2.27. The van der Waals surface area contributed by atoms with Crippen molar-refractivity contribution in [3.8, 4) is 6.07 Å². The van der Waals surface area contributed by atoms with Gasteiger partial charge in [-0.05, 0) is 30.7 Å². The molecule has 1 saturated heterocycles. The van der Waals surface area contributed by atoms with Gasteiger partial charge in [0.1, 0.15) is 11.2 Å². The number of halogens is 1. The third-order valence-corrected chi connectivity index (χ3v) is 2.78. The van der Waals surface area contributed by atoms with Crippen LogP contribution in [-0.4, -0.2) is 19.8 Å². The maximum Gasteiger partial charge on any atom is 0.126 e. The molecule has 1 aromatic rings. The number of nitrogens with one attached hydrogen (secondary N) is 1. The molecular weight excluding hydrogens is 207 g/mol. The van der Waals surface area contributed by atoms with Crippen molar-refractivity contribution in [3.05, 3.63) is 29.6 Å². The summed E-state index contributed by atoms with van der Waals surface area (Å²) in [4.78, 5) is 0. The van der Waals surface area contributed by atoms with Gasteiger partial charge in [0, 0.05) is 12.2 Å². The Morgan fingerprint density at radius 3 is 2.81 bits per heavy atom. The zero-order chi connectivity index (χ0) is 11.6. The SMILES string of the molecule is Cc1cc(NCC2(C#N)COC2)ccc1F. The molecule has 0 unspecified atom stereocenters. The maximum absolute atomic E-state index is 13.0. The Morgan fingerprint density at radius 1 is 1.56 bits per heavy atom. The number of aryl methyl sites for hydroxylation is 1. The Labute approximate surface area is 93.8 Å². The average Bonchev–Trinajstić information content (AvgIpc) is 2.22. The lowest BCUT2D eigenvalue weighted by molar-refractivity contribution is -0.0690. The highest BCUT2D eigenvalue weighted by molar-refractivity contribution is 5.46. The molecule has 1 fully saturated rings. The molecule has 2 rings (SSSR count). The van der Waals surface area contributed by atoms with E-state index in [1.54, 1.807) is 19.1 Å². The Balaban J connectivity index is 2.00. The second kappa shape index (κ2) is 4.11. The summed E-state index contributed by atoms with van der Waals surface area (Å²) >= 11 is 0. The molecule has 0 amide bonds. The molecule has 0 radical (unpaired) electrons. The van der Waals surface area contributed by atoms with E-state index in [4.69, 9.17) is 10.00 Å². The highest BCUT2D eigenvalue weighted by atomic mass is 19.1. The van der Waals surface area contributed by atoms with Crippen molar-refractivity contribution >= 4 is 5.69 Å². The first-order valence-corrected chi connectivity index (χ1v) is 5.14. The van der Waals surface area contributed by atoms with Gasteiger partial charge in [0.15, 0.2) is 0 Å².